The number of hydrogen-bond donors (Lipinski definition) is 1. The number of likely N-dealkylation sites (N-methyl/N-ethyl adjacent to an activating group) is 1. The molecule has 1 rings (SSSR count). The van der Waals surface area contributed by atoms with Crippen LogP contribution in [0.4, 0.5) is 4.39 Å². The van der Waals surface area contributed by atoms with Crippen LogP contribution in [0, 0.1) is 5.82 Å². The molecule has 0 aromatic heterocycles. The Hall–Kier alpha value is -0.640. The minimum absolute atomic E-state index is 0.00176. The van der Waals surface area contributed by atoms with Crippen LogP contribution in [-0.2, 0) is 11.2 Å². The molecule has 0 aliphatic heterocycles. The van der Waals surface area contributed by atoms with Crippen LogP contribution in [0.5, 0.6) is 0 Å². The first-order valence-electron chi connectivity index (χ1n) is 6.13. The Morgan fingerprint density at radius 1 is 1.44 bits per heavy atom. The number of methoxy groups -OCH3 is 1. The van der Waals surface area contributed by atoms with Gasteiger partial charge in [0.05, 0.1) is 5.60 Å². The number of rotatable bonds is 6. The second-order valence-electron chi connectivity index (χ2n) is 4.82. The first-order chi connectivity index (χ1) is 8.42. The maximum Gasteiger partial charge on any atom is 0.127 e. The third-order valence-electron chi connectivity index (χ3n) is 3.29. The van der Waals surface area contributed by atoms with Gasteiger partial charge in [0, 0.05) is 23.7 Å². The van der Waals surface area contributed by atoms with Crippen molar-refractivity contribution in [3.63, 3.8) is 0 Å². The van der Waals surface area contributed by atoms with Gasteiger partial charge in [0.2, 0.25) is 0 Å². The molecule has 1 atom stereocenters. The Bertz CT molecular complexity index is 375. The molecule has 2 nitrogen and oxygen atoms in total. The van der Waals surface area contributed by atoms with Crippen molar-refractivity contribution in [2.45, 2.75) is 38.8 Å². The Balaban J connectivity index is 2.97. The summed E-state index contributed by atoms with van der Waals surface area (Å²) < 4.78 is 19.3. The van der Waals surface area contributed by atoms with Crippen molar-refractivity contribution in [3.8, 4) is 0 Å². The molecule has 0 radical (unpaired) electrons. The molecule has 0 amide bonds. The molecule has 18 heavy (non-hydrogen) atoms. The average Bonchev–Trinajstić information content (AvgIpc) is 2.32. The second-order valence-corrected chi connectivity index (χ2v) is 5.23. The first kappa shape index (κ1) is 15.4. The fourth-order valence-corrected chi connectivity index (χ4v) is 2.12. The number of hydrogen-bond acceptors (Lipinski definition) is 2. The Kier molecular flexibility index (Phi) is 5.57. The lowest BCUT2D eigenvalue weighted by molar-refractivity contribution is -0.00977. The van der Waals surface area contributed by atoms with E-state index in [1.165, 1.54) is 6.07 Å². The molecule has 0 fully saturated rings. The van der Waals surface area contributed by atoms with Crippen LogP contribution in [0.15, 0.2) is 18.2 Å². The average molecular weight is 274 g/mol. The van der Waals surface area contributed by atoms with E-state index in [4.69, 9.17) is 16.3 Å². The molecule has 1 aromatic carbocycles. The Morgan fingerprint density at radius 3 is 2.61 bits per heavy atom. The predicted octanol–water partition coefficient (Wildman–Crippen LogP) is 3.42. The summed E-state index contributed by atoms with van der Waals surface area (Å²) >= 11 is 6.06. The third-order valence-corrected chi connectivity index (χ3v) is 3.64. The van der Waals surface area contributed by atoms with Crippen LogP contribution in [0.1, 0.15) is 26.3 Å². The van der Waals surface area contributed by atoms with Crippen molar-refractivity contribution in [1.82, 2.24) is 5.32 Å². The SMILES string of the molecule is CCNC(Cc1c(F)cccc1Cl)C(C)(C)OC. The summed E-state index contributed by atoms with van der Waals surface area (Å²) in [7, 11) is 1.66. The van der Waals surface area contributed by atoms with Crippen LogP contribution < -0.4 is 5.32 Å². The predicted molar refractivity (Wildman–Crippen MR) is 73.7 cm³/mol. The van der Waals surface area contributed by atoms with Crippen molar-refractivity contribution < 1.29 is 9.13 Å². The largest absolute Gasteiger partial charge is 0.377 e. The van der Waals surface area contributed by atoms with Gasteiger partial charge in [0.25, 0.3) is 0 Å². The molecule has 0 aliphatic carbocycles. The molecule has 1 unspecified atom stereocenters. The first-order valence-corrected chi connectivity index (χ1v) is 6.51. The summed E-state index contributed by atoms with van der Waals surface area (Å²) in [5.74, 6) is -0.266. The summed E-state index contributed by atoms with van der Waals surface area (Å²) in [6, 6.07) is 4.76. The van der Waals surface area contributed by atoms with E-state index in [2.05, 4.69) is 5.32 Å². The van der Waals surface area contributed by atoms with Gasteiger partial charge in [-0.05, 0) is 38.9 Å². The van der Waals surface area contributed by atoms with Gasteiger partial charge in [-0.15, -0.1) is 0 Å². The highest BCUT2D eigenvalue weighted by Gasteiger charge is 2.30. The molecule has 0 saturated heterocycles. The van der Waals surface area contributed by atoms with Gasteiger partial charge in [0.15, 0.2) is 0 Å². The maximum absolute atomic E-state index is 13.8. The van der Waals surface area contributed by atoms with E-state index >= 15 is 0 Å². The molecule has 0 saturated carbocycles. The molecule has 0 spiro atoms. The van der Waals surface area contributed by atoms with Crippen LogP contribution in [0.3, 0.4) is 0 Å². The van der Waals surface area contributed by atoms with E-state index < -0.39 is 0 Å². The number of halogens is 2. The highest BCUT2D eigenvalue weighted by molar-refractivity contribution is 6.31. The minimum atomic E-state index is -0.387. The van der Waals surface area contributed by atoms with Crippen LogP contribution in [-0.4, -0.2) is 25.3 Å². The molecule has 0 aliphatic rings. The lowest BCUT2D eigenvalue weighted by Gasteiger charge is -2.34. The monoisotopic (exact) mass is 273 g/mol. The smallest absolute Gasteiger partial charge is 0.127 e. The molecular weight excluding hydrogens is 253 g/mol. The van der Waals surface area contributed by atoms with Crippen LogP contribution in [0.2, 0.25) is 5.02 Å². The molecule has 1 N–H and O–H groups in total. The van der Waals surface area contributed by atoms with Crippen LogP contribution in [0.25, 0.3) is 0 Å². The number of nitrogens with one attached hydrogen (secondary N) is 1. The second kappa shape index (κ2) is 6.50. The normalized spacial score (nSPS) is 13.7. The zero-order valence-corrected chi connectivity index (χ0v) is 12.1. The summed E-state index contributed by atoms with van der Waals surface area (Å²) in [6.07, 6.45) is 0.500. The minimum Gasteiger partial charge on any atom is -0.377 e. The van der Waals surface area contributed by atoms with Crippen molar-refractivity contribution in [2.75, 3.05) is 13.7 Å². The van der Waals surface area contributed by atoms with Gasteiger partial charge >= 0.3 is 0 Å². The number of ether oxygens (including phenoxy) is 1. The lowest BCUT2D eigenvalue weighted by Crippen LogP contribution is -2.49. The van der Waals surface area contributed by atoms with E-state index in [1.807, 2.05) is 20.8 Å². The van der Waals surface area contributed by atoms with E-state index in [0.29, 0.717) is 17.0 Å². The Morgan fingerprint density at radius 2 is 2.11 bits per heavy atom. The molecule has 102 valence electrons. The van der Waals surface area contributed by atoms with E-state index in [-0.39, 0.29) is 17.5 Å². The van der Waals surface area contributed by atoms with Gasteiger partial charge < -0.3 is 10.1 Å². The lowest BCUT2D eigenvalue weighted by atomic mass is 9.92. The zero-order chi connectivity index (χ0) is 13.8. The van der Waals surface area contributed by atoms with Crippen molar-refractivity contribution >= 4 is 11.6 Å². The molecule has 0 heterocycles. The zero-order valence-electron chi connectivity index (χ0n) is 11.4. The highest BCUT2D eigenvalue weighted by Crippen LogP contribution is 2.24. The van der Waals surface area contributed by atoms with E-state index in [1.54, 1.807) is 19.2 Å². The standard InChI is InChI=1S/C14H21ClFNO/c1-5-17-13(14(2,3)18-4)9-10-11(15)7-6-8-12(10)16/h6-8,13,17H,5,9H2,1-4H3. The van der Waals surface area contributed by atoms with Gasteiger partial charge in [-0.3, -0.25) is 0 Å². The van der Waals surface area contributed by atoms with E-state index in [9.17, 15) is 4.39 Å². The maximum atomic E-state index is 13.8. The van der Waals surface area contributed by atoms with Crippen molar-refractivity contribution in [1.29, 1.82) is 0 Å². The summed E-state index contributed by atoms with van der Waals surface area (Å²) in [5, 5.41) is 3.79. The van der Waals surface area contributed by atoms with Gasteiger partial charge in [0.1, 0.15) is 5.82 Å². The van der Waals surface area contributed by atoms with Gasteiger partial charge in [-0.25, -0.2) is 4.39 Å². The van der Waals surface area contributed by atoms with Crippen LogP contribution >= 0.6 is 11.6 Å². The Labute approximate surface area is 113 Å². The molecule has 1 aromatic rings. The summed E-state index contributed by atoms with van der Waals surface area (Å²) in [4.78, 5) is 0. The summed E-state index contributed by atoms with van der Waals surface area (Å²) in [5.41, 5.74) is 0.150. The van der Waals surface area contributed by atoms with Gasteiger partial charge in [-0.1, -0.05) is 24.6 Å². The summed E-state index contributed by atoms with van der Waals surface area (Å²) in [6.45, 7) is 6.77. The van der Waals surface area contributed by atoms with Crippen molar-refractivity contribution in [3.05, 3.63) is 34.6 Å². The quantitative estimate of drug-likeness (QED) is 0.857. The topological polar surface area (TPSA) is 21.3 Å². The fourth-order valence-electron chi connectivity index (χ4n) is 1.88. The molecule has 0 bridgehead atoms. The molecular formula is C14H21ClFNO. The van der Waals surface area contributed by atoms with Crippen molar-refractivity contribution in [2.24, 2.45) is 0 Å². The third kappa shape index (κ3) is 3.67. The molecule has 4 heteroatoms. The van der Waals surface area contributed by atoms with Gasteiger partial charge in [-0.2, -0.15) is 0 Å². The number of benzene rings is 1. The highest BCUT2D eigenvalue weighted by atomic mass is 35.5. The fraction of sp³-hybridized carbons (Fsp3) is 0.571. The van der Waals surface area contributed by atoms with E-state index in [0.717, 1.165) is 6.54 Å².